The predicted molar refractivity (Wildman–Crippen MR) is 95.7 cm³/mol. The molecule has 8 heteroatoms. The van der Waals surface area contributed by atoms with E-state index in [0.717, 1.165) is 5.56 Å². The van der Waals surface area contributed by atoms with Crippen molar-refractivity contribution in [1.82, 2.24) is 9.62 Å². The van der Waals surface area contributed by atoms with Gasteiger partial charge < -0.3 is 9.64 Å². The summed E-state index contributed by atoms with van der Waals surface area (Å²) in [7, 11) is -2.18. The summed E-state index contributed by atoms with van der Waals surface area (Å²) in [5, 5.41) is 0. The topological polar surface area (TPSA) is 75.7 Å². The van der Waals surface area contributed by atoms with Crippen LogP contribution in [0, 0.1) is 5.82 Å². The lowest BCUT2D eigenvalue weighted by molar-refractivity contribution is -0.129. The number of carbonyl (C=O) groups excluding carboxylic acids is 1. The van der Waals surface area contributed by atoms with Gasteiger partial charge in [-0.2, -0.15) is 0 Å². The number of hydrogen-bond donors (Lipinski definition) is 1. The second-order valence-electron chi connectivity index (χ2n) is 5.64. The number of nitrogens with zero attached hydrogens (tertiary/aromatic N) is 1. The third kappa shape index (κ3) is 5.53. The maximum Gasteiger partial charge on any atom is 0.240 e. The first-order valence-corrected chi connectivity index (χ1v) is 9.44. The Hall–Kier alpha value is -2.45. The summed E-state index contributed by atoms with van der Waals surface area (Å²) < 4.78 is 45.0. The standard InChI is InChI=1S/C18H21FN2O4S/c1-14(22)21(13-15-3-5-16(19)6-4-15)12-11-20-26(23,24)18-9-7-17(25-2)8-10-18/h3-10,20H,11-13H2,1-2H3. The number of rotatable bonds is 8. The molecule has 0 radical (unpaired) electrons. The van der Waals surface area contributed by atoms with Gasteiger partial charge in [-0.05, 0) is 42.0 Å². The van der Waals surface area contributed by atoms with Crippen molar-refractivity contribution in [3.63, 3.8) is 0 Å². The van der Waals surface area contributed by atoms with Crippen molar-refractivity contribution in [3.05, 3.63) is 59.9 Å². The van der Waals surface area contributed by atoms with Gasteiger partial charge in [-0.3, -0.25) is 4.79 Å². The third-order valence-electron chi connectivity index (χ3n) is 3.78. The Morgan fingerprint density at radius 1 is 1.12 bits per heavy atom. The molecule has 0 saturated carbocycles. The Morgan fingerprint density at radius 3 is 2.27 bits per heavy atom. The first kappa shape index (κ1) is 19.9. The van der Waals surface area contributed by atoms with Crippen LogP contribution in [-0.2, 0) is 21.4 Å². The lowest BCUT2D eigenvalue weighted by Crippen LogP contribution is -2.37. The highest BCUT2D eigenvalue weighted by Gasteiger charge is 2.15. The average Bonchev–Trinajstić information content (AvgIpc) is 2.62. The summed E-state index contributed by atoms with van der Waals surface area (Å²) in [6.45, 7) is 1.94. The number of methoxy groups -OCH3 is 1. The second-order valence-corrected chi connectivity index (χ2v) is 7.41. The second kappa shape index (κ2) is 8.77. The molecule has 1 amide bonds. The lowest BCUT2D eigenvalue weighted by atomic mass is 10.2. The predicted octanol–water partition coefficient (Wildman–Crippen LogP) is 2.16. The van der Waals surface area contributed by atoms with Crippen molar-refractivity contribution in [2.24, 2.45) is 0 Å². The highest BCUT2D eigenvalue weighted by Crippen LogP contribution is 2.15. The van der Waals surface area contributed by atoms with Gasteiger partial charge in [0, 0.05) is 26.6 Å². The molecule has 6 nitrogen and oxygen atoms in total. The van der Waals surface area contributed by atoms with E-state index in [1.807, 2.05) is 0 Å². The minimum absolute atomic E-state index is 0.0646. The van der Waals surface area contributed by atoms with E-state index in [4.69, 9.17) is 4.74 Å². The number of benzene rings is 2. The van der Waals surface area contributed by atoms with Gasteiger partial charge in [-0.25, -0.2) is 17.5 Å². The van der Waals surface area contributed by atoms with Crippen molar-refractivity contribution < 1.29 is 22.3 Å². The van der Waals surface area contributed by atoms with Crippen LogP contribution in [0.1, 0.15) is 12.5 Å². The zero-order valence-corrected chi connectivity index (χ0v) is 15.4. The van der Waals surface area contributed by atoms with Crippen LogP contribution in [0.3, 0.4) is 0 Å². The van der Waals surface area contributed by atoms with Gasteiger partial charge in [0.1, 0.15) is 11.6 Å². The average molecular weight is 380 g/mol. The number of sulfonamides is 1. The Bertz CT molecular complexity index is 836. The number of hydrogen-bond acceptors (Lipinski definition) is 4. The maximum atomic E-state index is 13.0. The van der Waals surface area contributed by atoms with E-state index in [2.05, 4.69) is 4.72 Å². The molecule has 0 fully saturated rings. The molecule has 0 spiro atoms. The normalized spacial score (nSPS) is 11.2. The van der Waals surface area contributed by atoms with Crippen LogP contribution >= 0.6 is 0 Å². The number of ether oxygens (including phenoxy) is 1. The largest absolute Gasteiger partial charge is 0.497 e. The van der Waals surface area contributed by atoms with Gasteiger partial charge in [0.2, 0.25) is 15.9 Å². The molecule has 0 heterocycles. The van der Waals surface area contributed by atoms with Crippen molar-refractivity contribution in [2.45, 2.75) is 18.4 Å². The van der Waals surface area contributed by atoms with E-state index >= 15 is 0 Å². The van der Waals surface area contributed by atoms with Gasteiger partial charge in [0.05, 0.1) is 12.0 Å². The van der Waals surface area contributed by atoms with E-state index in [1.165, 1.54) is 43.2 Å². The van der Waals surface area contributed by atoms with Crippen LogP contribution < -0.4 is 9.46 Å². The number of carbonyl (C=O) groups is 1. The summed E-state index contributed by atoms with van der Waals surface area (Å²) in [5.74, 6) is 0.0133. The van der Waals surface area contributed by atoms with Crippen LogP contribution in [0.4, 0.5) is 4.39 Å². The first-order valence-electron chi connectivity index (χ1n) is 7.95. The fourth-order valence-electron chi connectivity index (χ4n) is 2.31. The zero-order chi connectivity index (χ0) is 19.2. The van der Waals surface area contributed by atoms with Crippen molar-refractivity contribution in [1.29, 1.82) is 0 Å². The van der Waals surface area contributed by atoms with Gasteiger partial charge in [0.25, 0.3) is 0 Å². The van der Waals surface area contributed by atoms with E-state index < -0.39 is 10.0 Å². The third-order valence-corrected chi connectivity index (χ3v) is 5.25. The van der Waals surface area contributed by atoms with Crippen LogP contribution in [-0.4, -0.2) is 39.4 Å². The van der Waals surface area contributed by atoms with E-state index in [1.54, 1.807) is 24.3 Å². The molecule has 0 atom stereocenters. The molecule has 0 aliphatic rings. The molecule has 0 saturated heterocycles. The highest BCUT2D eigenvalue weighted by molar-refractivity contribution is 7.89. The molecule has 0 aliphatic carbocycles. The molecular formula is C18H21FN2O4S. The monoisotopic (exact) mass is 380 g/mol. The quantitative estimate of drug-likeness (QED) is 0.762. The van der Waals surface area contributed by atoms with Crippen LogP contribution in [0.5, 0.6) is 5.75 Å². The van der Waals surface area contributed by atoms with Crippen molar-refractivity contribution >= 4 is 15.9 Å². The number of amides is 1. The summed E-state index contributed by atoms with van der Waals surface area (Å²) in [6.07, 6.45) is 0. The Kier molecular flexibility index (Phi) is 6.70. The van der Waals surface area contributed by atoms with Crippen molar-refractivity contribution in [3.8, 4) is 5.75 Å². The molecule has 0 unspecified atom stereocenters. The molecular weight excluding hydrogens is 359 g/mol. The number of halogens is 1. The lowest BCUT2D eigenvalue weighted by Gasteiger charge is -2.21. The van der Waals surface area contributed by atoms with Gasteiger partial charge in [-0.1, -0.05) is 12.1 Å². The van der Waals surface area contributed by atoms with E-state index in [9.17, 15) is 17.6 Å². The fourth-order valence-corrected chi connectivity index (χ4v) is 3.33. The fraction of sp³-hybridized carbons (Fsp3) is 0.278. The molecule has 2 aromatic rings. The summed E-state index contributed by atoms with van der Waals surface area (Å²) in [6, 6.07) is 11.8. The molecule has 0 bridgehead atoms. The molecule has 1 N–H and O–H groups in total. The van der Waals surface area contributed by atoms with Crippen LogP contribution in [0.25, 0.3) is 0 Å². The molecule has 140 valence electrons. The first-order chi connectivity index (χ1) is 12.3. The van der Waals surface area contributed by atoms with Crippen LogP contribution in [0.15, 0.2) is 53.4 Å². The smallest absolute Gasteiger partial charge is 0.240 e. The zero-order valence-electron chi connectivity index (χ0n) is 14.6. The Labute approximate surface area is 152 Å². The highest BCUT2D eigenvalue weighted by atomic mass is 32.2. The van der Waals surface area contributed by atoms with Gasteiger partial charge in [0.15, 0.2) is 0 Å². The van der Waals surface area contributed by atoms with Gasteiger partial charge >= 0.3 is 0 Å². The SMILES string of the molecule is COc1ccc(S(=O)(=O)NCCN(Cc2ccc(F)cc2)C(C)=O)cc1. The summed E-state index contributed by atoms with van der Waals surface area (Å²) >= 11 is 0. The minimum atomic E-state index is -3.68. The molecule has 26 heavy (non-hydrogen) atoms. The molecule has 2 aromatic carbocycles. The molecule has 0 aliphatic heterocycles. The number of nitrogens with one attached hydrogen (secondary N) is 1. The molecule has 2 rings (SSSR count). The molecule has 0 aromatic heterocycles. The summed E-state index contributed by atoms with van der Waals surface area (Å²) in [5.41, 5.74) is 0.764. The van der Waals surface area contributed by atoms with Crippen molar-refractivity contribution in [2.75, 3.05) is 20.2 Å². The Morgan fingerprint density at radius 2 is 1.73 bits per heavy atom. The van der Waals surface area contributed by atoms with Crippen LogP contribution in [0.2, 0.25) is 0 Å². The van der Waals surface area contributed by atoms with E-state index in [0.29, 0.717) is 5.75 Å². The van der Waals surface area contributed by atoms with Gasteiger partial charge in [-0.15, -0.1) is 0 Å². The minimum Gasteiger partial charge on any atom is -0.497 e. The van der Waals surface area contributed by atoms with E-state index in [-0.39, 0.29) is 36.3 Å². The summed E-state index contributed by atoms with van der Waals surface area (Å²) in [4.78, 5) is 13.4. The maximum absolute atomic E-state index is 13.0. The Balaban J connectivity index is 1.95.